The first-order chi connectivity index (χ1) is 57.3. The van der Waals surface area contributed by atoms with Crippen molar-refractivity contribution >= 4 is 77.7 Å². The fraction of sp³-hybridized carbons (Fsp3) is 0.0442. The molecule has 0 aliphatic heterocycles. The van der Waals surface area contributed by atoms with Gasteiger partial charge in [0, 0.05) is 72.5 Å². The lowest BCUT2D eigenvalue weighted by Crippen LogP contribution is -2.28. The largest absolute Gasteiger partial charge is 0.310 e. The summed E-state index contributed by atoms with van der Waals surface area (Å²) >= 11 is 0. The van der Waals surface area contributed by atoms with Gasteiger partial charge in [-0.05, 0) is 234 Å². The van der Waals surface area contributed by atoms with Crippen molar-refractivity contribution in [3.8, 4) is 78.1 Å². The van der Waals surface area contributed by atoms with Crippen LogP contribution in [0.1, 0.15) is 54.7 Å². The molecule has 22 rings (SSSR count). The molecule has 2 aromatic heterocycles. The van der Waals surface area contributed by atoms with E-state index in [9.17, 15) is 0 Å². The molecule has 2 aliphatic rings. The van der Waals surface area contributed by atoms with Crippen molar-refractivity contribution < 1.29 is 0 Å². The predicted octanol–water partition coefficient (Wildman–Crippen LogP) is 30.5. The van der Waals surface area contributed by atoms with Crippen LogP contribution in [0.25, 0.3) is 122 Å². The Morgan fingerprint density at radius 1 is 0.197 bits per heavy atom. The molecule has 0 saturated heterocycles. The van der Waals surface area contributed by atoms with Crippen LogP contribution < -0.4 is 9.80 Å². The fourth-order valence-electron chi connectivity index (χ4n) is 18.8. The predicted molar refractivity (Wildman–Crippen MR) is 494 cm³/mol. The molecule has 0 bridgehead atoms. The van der Waals surface area contributed by atoms with Gasteiger partial charge in [-0.1, -0.05) is 337 Å². The van der Waals surface area contributed by atoms with Gasteiger partial charge >= 0.3 is 0 Å². The van der Waals surface area contributed by atoms with E-state index in [4.69, 9.17) is 0 Å². The number of aromatic nitrogens is 2. The maximum atomic E-state index is 2.45. The molecule has 0 amide bonds. The van der Waals surface area contributed by atoms with E-state index in [-0.39, 0.29) is 12.8 Å². The topological polar surface area (TPSA) is 16.3 Å². The molecule has 0 unspecified atom stereocenters. The summed E-state index contributed by atoms with van der Waals surface area (Å²) in [7, 11) is 0. The number of anilines is 6. The van der Waals surface area contributed by atoms with Crippen LogP contribution >= 0.6 is 0 Å². The Morgan fingerprint density at radius 3 is 0.966 bits per heavy atom. The van der Waals surface area contributed by atoms with Gasteiger partial charge in [-0.25, -0.2) is 0 Å². The Morgan fingerprint density at radius 2 is 0.496 bits per heavy atom. The highest BCUT2D eigenvalue weighted by atomic mass is 15.1. The van der Waals surface area contributed by atoms with E-state index >= 15 is 0 Å². The molecule has 556 valence electrons. The quantitative estimate of drug-likeness (QED) is 0.108. The molecule has 0 radical (unpaired) electrons. The Labute approximate surface area is 684 Å². The second kappa shape index (κ2) is 29.6. The average molecular weight is 1500 g/mol. The van der Waals surface area contributed by atoms with Gasteiger partial charge in [-0.2, -0.15) is 0 Å². The molecule has 2 heterocycles. The summed E-state index contributed by atoms with van der Waals surface area (Å²) in [4.78, 5) is 4.79. The van der Waals surface area contributed by atoms with E-state index in [0.29, 0.717) is 0 Å². The standard InChI is InChI=1S/C61H42N2.C51H38N2.CH4/c1-5-17-43(18-6-1)44-29-34-50(35-30-44)62(51-36-31-45(32-37-51)46-33-40-60-56(41-46)55-26-14-16-28-59(55)63(60)49-23-11-4-12-24-49)52-38-39-54-53-25-13-15-27-57(53)61(58(54)42-52,47-19-7-2-8-20-47)48-21-9-3-10-22-48;1-51(2)47-19-11-9-17-43(47)44-31-30-42(34-48(44)51)52(39-15-7-4-8-16-39)40-26-23-37(24-27-40)38-25-32-50-46(33-38)45-18-10-12-20-49(45)53(50)41-28-21-36(22-29-41)35-13-5-3-6-14-35;/h1-42H;3-34H,1-2H3;1H4. The summed E-state index contributed by atoms with van der Waals surface area (Å²) in [6.07, 6.45) is 0. The second-order valence-electron chi connectivity index (χ2n) is 31.1. The highest BCUT2D eigenvalue weighted by molar-refractivity contribution is 6.12. The van der Waals surface area contributed by atoms with Gasteiger partial charge in [-0.3, -0.25) is 0 Å². The van der Waals surface area contributed by atoms with E-state index in [1.54, 1.807) is 0 Å². The van der Waals surface area contributed by atoms with Gasteiger partial charge in [0.2, 0.25) is 0 Å². The van der Waals surface area contributed by atoms with Gasteiger partial charge in [0.15, 0.2) is 0 Å². The van der Waals surface area contributed by atoms with E-state index < -0.39 is 5.41 Å². The lowest BCUT2D eigenvalue weighted by molar-refractivity contribution is 0.660. The molecule has 20 aromatic rings. The summed E-state index contributed by atoms with van der Waals surface area (Å²) in [5, 5.41) is 5.00. The third-order valence-electron chi connectivity index (χ3n) is 24.3. The first kappa shape index (κ1) is 71.2. The zero-order valence-electron chi connectivity index (χ0n) is 64.5. The molecule has 2 aliphatic carbocycles. The average Bonchev–Trinajstić information content (AvgIpc) is 1.54. The molecule has 0 N–H and O–H groups in total. The van der Waals surface area contributed by atoms with Crippen LogP contribution in [-0.4, -0.2) is 9.13 Å². The summed E-state index contributed by atoms with van der Waals surface area (Å²) in [6.45, 7) is 4.69. The lowest BCUT2D eigenvalue weighted by Gasteiger charge is -2.35. The Bertz CT molecular complexity index is 6990. The minimum absolute atomic E-state index is 0. The molecule has 0 spiro atoms. The number of fused-ring (bicyclic) bond motifs is 12. The number of para-hydroxylation sites is 4. The van der Waals surface area contributed by atoms with E-state index in [0.717, 1.165) is 45.5 Å². The first-order valence-electron chi connectivity index (χ1n) is 40.2. The highest BCUT2D eigenvalue weighted by Crippen LogP contribution is 2.58. The van der Waals surface area contributed by atoms with Gasteiger partial charge in [0.25, 0.3) is 0 Å². The molecular formula is C113H84N4. The van der Waals surface area contributed by atoms with Crippen LogP contribution in [-0.2, 0) is 10.8 Å². The monoisotopic (exact) mass is 1500 g/mol. The zero-order valence-corrected chi connectivity index (χ0v) is 64.5. The van der Waals surface area contributed by atoms with Crippen LogP contribution in [0, 0.1) is 0 Å². The van der Waals surface area contributed by atoms with Crippen LogP contribution in [0.4, 0.5) is 34.1 Å². The molecule has 4 nitrogen and oxygen atoms in total. The molecule has 4 heteroatoms. The Balaban J connectivity index is 0.000000151. The second-order valence-corrected chi connectivity index (χ2v) is 31.1. The number of nitrogens with zero attached hydrogens (tertiary/aromatic N) is 4. The smallest absolute Gasteiger partial charge is 0.0714 e. The fourth-order valence-corrected chi connectivity index (χ4v) is 18.8. The third kappa shape index (κ3) is 12.2. The van der Waals surface area contributed by atoms with E-state index in [1.165, 1.54) is 144 Å². The van der Waals surface area contributed by atoms with Crippen LogP contribution in [0.15, 0.2) is 449 Å². The molecule has 0 fully saturated rings. The van der Waals surface area contributed by atoms with E-state index in [1.807, 2.05) is 0 Å². The molecule has 0 atom stereocenters. The first-order valence-corrected chi connectivity index (χ1v) is 40.2. The SMILES string of the molecule is C.CC1(C)c2ccccc2-c2ccc(N(c3ccccc3)c3ccc(-c4ccc5c(c4)c4ccccc4n5-c4ccc(-c5ccccc5)cc4)cc3)cc21.c1ccc(-c2ccc(N(c3ccc(-c4ccc5c(c4)c4ccccc4n5-c4ccccc4)cc3)c3ccc4c(c3)C(c3ccccc3)(c3ccccc3)c3ccccc3-4)cc2)cc1. The van der Waals surface area contributed by atoms with Crippen LogP contribution in [0.3, 0.4) is 0 Å². The Kier molecular flexibility index (Phi) is 18.0. The number of hydrogen-bond donors (Lipinski definition) is 0. The van der Waals surface area contributed by atoms with Gasteiger partial charge in [-0.15, -0.1) is 0 Å². The maximum Gasteiger partial charge on any atom is 0.0714 e. The van der Waals surface area contributed by atoms with Crippen molar-refractivity contribution in [3.05, 3.63) is 482 Å². The number of benzene rings is 18. The highest BCUT2D eigenvalue weighted by Gasteiger charge is 2.46. The minimum Gasteiger partial charge on any atom is -0.310 e. The van der Waals surface area contributed by atoms with Crippen molar-refractivity contribution in [3.63, 3.8) is 0 Å². The Hall–Kier alpha value is -14.8. The summed E-state index contributed by atoms with van der Waals surface area (Å²) in [5.41, 5.74) is 36.0. The van der Waals surface area contributed by atoms with Gasteiger partial charge < -0.3 is 18.9 Å². The van der Waals surface area contributed by atoms with Gasteiger partial charge in [0.1, 0.15) is 0 Å². The number of rotatable bonds is 14. The van der Waals surface area contributed by atoms with Crippen LogP contribution in [0.5, 0.6) is 0 Å². The summed E-state index contributed by atoms with van der Waals surface area (Å²) < 4.78 is 4.76. The maximum absolute atomic E-state index is 2.45. The summed E-state index contributed by atoms with van der Waals surface area (Å²) in [5.74, 6) is 0. The van der Waals surface area contributed by atoms with Gasteiger partial charge in [0.05, 0.1) is 27.5 Å². The molecule has 18 aromatic carbocycles. The number of hydrogen-bond acceptors (Lipinski definition) is 2. The molecule has 0 saturated carbocycles. The normalized spacial score (nSPS) is 12.6. The summed E-state index contributed by atoms with van der Waals surface area (Å²) in [6, 6.07) is 164. The molecular weight excluding hydrogens is 1410 g/mol. The van der Waals surface area contributed by atoms with Crippen LogP contribution in [0.2, 0.25) is 0 Å². The zero-order chi connectivity index (χ0) is 77.3. The van der Waals surface area contributed by atoms with Crippen molar-refractivity contribution in [2.45, 2.75) is 32.1 Å². The van der Waals surface area contributed by atoms with Crippen molar-refractivity contribution in [1.82, 2.24) is 9.13 Å². The van der Waals surface area contributed by atoms with Crippen molar-refractivity contribution in [2.24, 2.45) is 0 Å². The molecule has 117 heavy (non-hydrogen) atoms. The van der Waals surface area contributed by atoms with Crippen molar-refractivity contribution in [1.29, 1.82) is 0 Å². The van der Waals surface area contributed by atoms with E-state index in [2.05, 4.69) is 482 Å². The minimum atomic E-state index is -0.501. The third-order valence-corrected chi connectivity index (χ3v) is 24.3. The lowest BCUT2D eigenvalue weighted by atomic mass is 9.67. The van der Waals surface area contributed by atoms with Crippen molar-refractivity contribution in [2.75, 3.05) is 9.80 Å².